The van der Waals surface area contributed by atoms with Crippen molar-refractivity contribution < 1.29 is 73.1 Å². The predicted molar refractivity (Wildman–Crippen MR) is 226 cm³/mol. The summed E-state index contributed by atoms with van der Waals surface area (Å²) in [5.41, 5.74) is 6.28. The van der Waals surface area contributed by atoms with Crippen LogP contribution in [0.1, 0.15) is 74.2 Å². The van der Waals surface area contributed by atoms with Gasteiger partial charge in [0.15, 0.2) is 0 Å². The van der Waals surface area contributed by atoms with Crippen LogP contribution in [0, 0.1) is 5.92 Å². The van der Waals surface area contributed by atoms with E-state index in [1.54, 1.807) is 24.3 Å². The number of hydrogen-bond acceptors (Lipinski definition) is 13. The number of nitrogens with one attached hydrogen (secondary N) is 7. The van der Waals surface area contributed by atoms with Crippen LogP contribution in [-0.4, -0.2) is 136 Å². The molecule has 3 rings (SSSR count). The first-order chi connectivity index (χ1) is 30.8. The maximum absolute atomic E-state index is 13.8. The molecule has 65 heavy (non-hydrogen) atoms. The lowest BCUT2D eigenvalue weighted by Gasteiger charge is -2.26. The van der Waals surface area contributed by atoms with Gasteiger partial charge >= 0.3 is 11.9 Å². The number of ether oxygens (including phenoxy) is 1. The van der Waals surface area contributed by atoms with Gasteiger partial charge in [0.05, 0.1) is 20.3 Å². The number of amides is 8. The van der Waals surface area contributed by atoms with Crippen molar-refractivity contribution in [1.82, 2.24) is 37.2 Å². The van der Waals surface area contributed by atoms with E-state index in [1.807, 2.05) is 0 Å². The number of carboxylic acids is 2. The normalized spacial score (nSPS) is 14.6. The summed E-state index contributed by atoms with van der Waals surface area (Å²) in [5.74, 6) is -9.34. The minimum atomic E-state index is -1.74. The van der Waals surface area contributed by atoms with E-state index >= 15 is 0 Å². The Kier molecular flexibility index (Phi) is 20.6. The number of carbonyl (C=O) groups is 10. The molecule has 0 aliphatic heterocycles. The zero-order valence-electron chi connectivity index (χ0n) is 35.8. The molecule has 2 aromatic carbocycles. The third-order valence-electron chi connectivity index (χ3n) is 10.1. The summed E-state index contributed by atoms with van der Waals surface area (Å²) in [4.78, 5) is 127. The molecule has 0 aromatic heterocycles. The number of carboxylic acid groups (broad SMARTS) is 2. The Morgan fingerprint density at radius 3 is 1.71 bits per heavy atom. The molecule has 0 unspecified atom stereocenters. The van der Waals surface area contributed by atoms with Gasteiger partial charge in [-0.3, -0.25) is 47.9 Å². The highest BCUT2D eigenvalue weighted by atomic mass is 16.5. The van der Waals surface area contributed by atoms with E-state index in [4.69, 9.17) is 15.6 Å². The topological polar surface area (TPSA) is 371 Å². The molecule has 1 saturated carbocycles. The zero-order chi connectivity index (χ0) is 48.2. The van der Waals surface area contributed by atoms with E-state index in [9.17, 15) is 63.3 Å². The molecule has 2 aromatic rings. The Morgan fingerprint density at radius 2 is 1.17 bits per heavy atom. The zero-order valence-corrected chi connectivity index (χ0v) is 35.8. The summed E-state index contributed by atoms with van der Waals surface area (Å²) in [7, 11) is 1.45. The van der Waals surface area contributed by atoms with E-state index in [0.717, 1.165) is 0 Å². The minimum Gasteiger partial charge on any atom is -0.508 e. The number of phenolic OH excluding ortho intramolecular Hbond substituents is 1. The van der Waals surface area contributed by atoms with Crippen LogP contribution in [-0.2, 0) is 49.6 Å². The first kappa shape index (κ1) is 52.0. The van der Waals surface area contributed by atoms with Crippen LogP contribution in [0.3, 0.4) is 0 Å². The number of nitrogens with two attached hydrogens (primary N) is 1. The molecule has 354 valence electrons. The maximum Gasteiger partial charge on any atom is 0.303 e. The molecular formula is C42H56N8O15. The predicted octanol–water partition coefficient (Wildman–Crippen LogP) is -2.30. The summed E-state index contributed by atoms with van der Waals surface area (Å²) in [6.45, 7) is -0.368. The van der Waals surface area contributed by atoms with Gasteiger partial charge < -0.3 is 68.1 Å². The lowest BCUT2D eigenvalue weighted by Crippen LogP contribution is -2.60. The first-order valence-electron chi connectivity index (χ1n) is 20.6. The van der Waals surface area contributed by atoms with Crippen molar-refractivity contribution in [3.05, 3.63) is 59.7 Å². The number of aliphatic hydroxyl groups is 1. The molecule has 0 radical (unpaired) electrons. The molecule has 6 atom stereocenters. The van der Waals surface area contributed by atoms with E-state index in [1.165, 1.54) is 38.3 Å². The van der Waals surface area contributed by atoms with Gasteiger partial charge in [-0.15, -0.1) is 0 Å². The largest absolute Gasteiger partial charge is 0.508 e. The van der Waals surface area contributed by atoms with Gasteiger partial charge in [0.2, 0.25) is 41.4 Å². The van der Waals surface area contributed by atoms with Crippen molar-refractivity contribution in [2.24, 2.45) is 11.7 Å². The van der Waals surface area contributed by atoms with Crippen molar-refractivity contribution >= 4 is 59.2 Å². The second-order valence-corrected chi connectivity index (χ2v) is 15.3. The Bertz CT molecular complexity index is 2030. The third kappa shape index (κ3) is 18.5. The van der Waals surface area contributed by atoms with Gasteiger partial charge in [-0.25, -0.2) is 0 Å². The first-order valence-corrected chi connectivity index (χ1v) is 20.6. The van der Waals surface area contributed by atoms with Crippen molar-refractivity contribution in [3.8, 4) is 11.5 Å². The van der Waals surface area contributed by atoms with Gasteiger partial charge in [-0.1, -0.05) is 25.0 Å². The van der Waals surface area contributed by atoms with Crippen molar-refractivity contribution in [2.45, 2.75) is 101 Å². The monoisotopic (exact) mass is 912 g/mol. The van der Waals surface area contributed by atoms with Crippen molar-refractivity contribution in [3.63, 3.8) is 0 Å². The number of aryl methyl sites for hydroxylation is 1. The smallest absolute Gasteiger partial charge is 0.303 e. The number of aliphatic carboxylic acids is 2. The number of aromatic hydroxyl groups is 1. The summed E-state index contributed by atoms with van der Waals surface area (Å²) >= 11 is 0. The highest BCUT2D eigenvalue weighted by Crippen LogP contribution is 2.33. The molecule has 0 saturated heterocycles. The Hall–Kier alpha value is -7.30. The highest BCUT2D eigenvalue weighted by Gasteiger charge is 2.35. The minimum absolute atomic E-state index is 0.0160. The fourth-order valence-electron chi connectivity index (χ4n) is 6.19. The number of rotatable bonds is 28. The van der Waals surface area contributed by atoms with Crippen LogP contribution in [0.4, 0.5) is 0 Å². The van der Waals surface area contributed by atoms with E-state index < -0.39 is 128 Å². The van der Waals surface area contributed by atoms with Gasteiger partial charge in [0.1, 0.15) is 47.8 Å². The van der Waals surface area contributed by atoms with Crippen LogP contribution in [0.25, 0.3) is 0 Å². The molecular weight excluding hydrogens is 857 g/mol. The average Bonchev–Trinajstić information content (AvgIpc) is 4.10. The lowest BCUT2D eigenvalue weighted by molar-refractivity contribution is -0.139. The number of primary amides is 1. The summed E-state index contributed by atoms with van der Waals surface area (Å²) in [6, 6.07) is 3.48. The molecule has 23 heteroatoms. The molecule has 23 nitrogen and oxygen atoms in total. The summed E-state index contributed by atoms with van der Waals surface area (Å²) in [6.07, 6.45) is -0.368. The van der Waals surface area contributed by atoms with Gasteiger partial charge in [0, 0.05) is 18.4 Å². The van der Waals surface area contributed by atoms with Crippen molar-refractivity contribution in [1.29, 1.82) is 0 Å². The van der Waals surface area contributed by atoms with Crippen LogP contribution in [0.2, 0.25) is 0 Å². The van der Waals surface area contributed by atoms with E-state index in [2.05, 4.69) is 37.2 Å². The van der Waals surface area contributed by atoms with Crippen LogP contribution >= 0.6 is 0 Å². The molecule has 0 spiro atoms. The van der Waals surface area contributed by atoms with Gasteiger partial charge in [-0.2, -0.15) is 0 Å². The summed E-state index contributed by atoms with van der Waals surface area (Å²) < 4.78 is 5.05. The second-order valence-electron chi connectivity index (χ2n) is 15.3. The fourth-order valence-corrected chi connectivity index (χ4v) is 6.19. The van der Waals surface area contributed by atoms with Crippen molar-refractivity contribution in [2.75, 3.05) is 20.3 Å². The Labute approximate surface area is 373 Å². The van der Waals surface area contributed by atoms with E-state index in [0.29, 0.717) is 24.2 Å². The van der Waals surface area contributed by atoms with Crippen LogP contribution in [0.5, 0.6) is 11.5 Å². The van der Waals surface area contributed by atoms with Crippen LogP contribution in [0.15, 0.2) is 48.5 Å². The Balaban J connectivity index is 1.68. The SMILES string of the molecule is COc1ccc(C(=O)N[C@@H](C)C(=O)NCC(=O)N[C@@H](CCC(=O)O)C(=O)N[C@@H](CO)C(=O)N[C@@H](CC2CC2)C(=O)N[C@@H](CCc2ccc(O)cc2)C(=O)N[C@@H](CCC(=O)O)C(N)=O)cc1. The number of hydrogen-bond donors (Lipinski definition) is 12. The average molecular weight is 913 g/mol. The number of carbonyl (C=O) groups excluding carboxylic acids is 8. The molecule has 1 aliphatic carbocycles. The number of aliphatic hydroxyl groups excluding tert-OH is 1. The number of phenols is 1. The fraction of sp³-hybridized carbons (Fsp3) is 0.476. The molecule has 1 fully saturated rings. The number of benzene rings is 2. The molecule has 0 bridgehead atoms. The number of methoxy groups -OCH3 is 1. The molecule has 1 aliphatic rings. The van der Waals surface area contributed by atoms with E-state index in [-0.39, 0.29) is 42.9 Å². The molecule has 8 amide bonds. The second kappa shape index (κ2) is 25.7. The lowest BCUT2D eigenvalue weighted by atomic mass is 10.0. The van der Waals surface area contributed by atoms with Crippen LogP contribution < -0.4 is 47.7 Å². The standard InChI is InChI=1S/C42H56N8O15/c1-22(45-38(60)25-8-12-27(65-2)13-9-25)37(59)44-20-33(53)46-29(16-18-35(56)57)39(61)50-32(21-51)42(64)49-31(19-24-3-4-24)41(63)48-30(14-7-23-5-10-26(52)11-6-23)40(62)47-28(36(43)58)15-17-34(54)55/h5-6,8-13,22,24,28-32,51-52H,3-4,7,14-21H2,1-2H3,(H2,43,58)(H,44,59)(H,45,60)(H,46,53)(H,47,62)(H,48,63)(H,49,64)(H,50,61)(H,54,55)(H,56,57)/t22-,28-,29-,30-,31-,32-/m0/s1. The summed E-state index contributed by atoms with van der Waals surface area (Å²) in [5, 5.41) is 54.9. The maximum atomic E-state index is 13.8. The van der Waals surface area contributed by atoms with Gasteiger partial charge in [0.25, 0.3) is 5.91 Å². The molecule has 13 N–H and O–H groups in total. The Morgan fingerprint density at radius 1 is 0.662 bits per heavy atom. The molecule has 0 heterocycles. The van der Waals surface area contributed by atoms with Gasteiger partial charge in [-0.05, 0) is 86.9 Å². The third-order valence-corrected chi connectivity index (χ3v) is 10.1. The quantitative estimate of drug-likeness (QED) is 0.0427. The highest BCUT2D eigenvalue weighted by molar-refractivity contribution is 5.99.